The van der Waals surface area contributed by atoms with Gasteiger partial charge in [0.25, 0.3) is 5.91 Å². The molecule has 1 atom stereocenters. The van der Waals surface area contributed by atoms with Gasteiger partial charge in [-0.15, -0.1) is 18.3 Å². The number of hydrazine groups is 1. The summed E-state index contributed by atoms with van der Waals surface area (Å²) in [6, 6.07) is 7.32. The zero-order valence-corrected chi connectivity index (χ0v) is 19.9. The van der Waals surface area contributed by atoms with Crippen molar-refractivity contribution in [1.82, 2.24) is 20.5 Å². The van der Waals surface area contributed by atoms with E-state index in [0.29, 0.717) is 36.3 Å². The number of rotatable bonds is 6. The molecule has 0 aliphatic carbocycles. The molecule has 1 aliphatic heterocycles. The van der Waals surface area contributed by atoms with Crippen LogP contribution in [0.2, 0.25) is 0 Å². The summed E-state index contributed by atoms with van der Waals surface area (Å²) in [5, 5.41) is 13.9. The van der Waals surface area contributed by atoms with Gasteiger partial charge in [-0.25, -0.2) is 5.43 Å². The van der Waals surface area contributed by atoms with Crippen LogP contribution in [-0.4, -0.2) is 45.8 Å². The van der Waals surface area contributed by atoms with Gasteiger partial charge in [0.15, 0.2) is 0 Å². The van der Waals surface area contributed by atoms with Gasteiger partial charge in [0, 0.05) is 24.3 Å². The average molecular weight is 471 g/mol. The molecule has 0 saturated carbocycles. The van der Waals surface area contributed by atoms with Crippen LogP contribution in [0.5, 0.6) is 5.75 Å². The molecule has 3 rings (SSSR count). The molecule has 0 fully saturated rings. The highest BCUT2D eigenvalue weighted by molar-refractivity contribution is 5.95. The van der Waals surface area contributed by atoms with Crippen molar-refractivity contribution in [2.75, 3.05) is 13.1 Å². The van der Waals surface area contributed by atoms with E-state index in [1.165, 1.54) is 18.2 Å². The minimum atomic E-state index is -4.78. The highest BCUT2D eigenvalue weighted by atomic mass is 19.4. The molecule has 1 amide bonds. The third kappa shape index (κ3) is 6.72. The van der Waals surface area contributed by atoms with Gasteiger partial charge in [-0.05, 0) is 57.9 Å². The predicted octanol–water partition coefficient (Wildman–Crippen LogP) is 5.06. The number of nitrogens with zero attached hydrogens (tertiary/aromatic N) is 2. The van der Waals surface area contributed by atoms with Crippen LogP contribution in [0.25, 0.3) is 11.1 Å². The Kier molecular flexibility index (Phi) is 8.56. The Labute approximate surface area is 192 Å². The summed E-state index contributed by atoms with van der Waals surface area (Å²) in [5.41, 5.74) is 4.88. The van der Waals surface area contributed by atoms with Gasteiger partial charge in [-0.3, -0.25) is 10.0 Å². The van der Waals surface area contributed by atoms with Crippen LogP contribution in [0.4, 0.5) is 13.2 Å². The van der Waals surface area contributed by atoms with Crippen molar-refractivity contribution < 1.29 is 27.9 Å². The second kappa shape index (κ2) is 10.6. The number of carbonyl (C=O) groups excluding carboxylic acids is 1. The minimum Gasteiger partial charge on any atom is -0.406 e. The third-order valence-corrected chi connectivity index (χ3v) is 5.14. The van der Waals surface area contributed by atoms with E-state index in [1.807, 2.05) is 46.1 Å². The number of hydroxylamine groups is 1. The Morgan fingerprint density at radius 2 is 1.91 bits per heavy atom. The molecular formula is C23H33F3N4O3. The number of nitrogens with one attached hydrogen (secondary N) is 2. The van der Waals surface area contributed by atoms with E-state index in [9.17, 15) is 23.2 Å². The van der Waals surface area contributed by atoms with Crippen LogP contribution in [0.15, 0.2) is 30.3 Å². The van der Waals surface area contributed by atoms with E-state index in [2.05, 4.69) is 15.5 Å². The molecule has 2 heterocycles. The monoisotopic (exact) mass is 470 g/mol. The van der Waals surface area contributed by atoms with Gasteiger partial charge in [-0.1, -0.05) is 26.0 Å². The minimum absolute atomic E-state index is 0.0723. The first-order valence-corrected chi connectivity index (χ1v) is 11.0. The number of aromatic nitrogens is 1. The van der Waals surface area contributed by atoms with Crippen molar-refractivity contribution in [3.63, 3.8) is 0 Å². The molecule has 0 bridgehead atoms. The summed E-state index contributed by atoms with van der Waals surface area (Å²) in [5.74, 6) is -0.552. The van der Waals surface area contributed by atoms with Crippen LogP contribution in [0.1, 0.15) is 63.3 Å². The van der Waals surface area contributed by atoms with Gasteiger partial charge in [0.1, 0.15) is 11.4 Å². The molecule has 3 N–H and O–H groups in total. The molecule has 10 heteroatoms. The van der Waals surface area contributed by atoms with Gasteiger partial charge < -0.3 is 14.6 Å². The Bertz CT molecular complexity index is 951. The van der Waals surface area contributed by atoms with E-state index in [0.717, 1.165) is 10.9 Å². The smallest absolute Gasteiger partial charge is 0.406 e. The number of alkyl halides is 3. The summed E-state index contributed by atoms with van der Waals surface area (Å²) in [6.07, 6.45) is -4.16. The molecule has 0 saturated heterocycles. The highest BCUT2D eigenvalue weighted by Crippen LogP contribution is 2.34. The molecule has 0 spiro atoms. The topological polar surface area (TPSA) is 78.8 Å². The van der Waals surface area contributed by atoms with Crippen LogP contribution in [0, 0.1) is 6.92 Å². The fourth-order valence-corrected chi connectivity index (χ4v) is 3.62. The molecule has 1 aliphatic rings. The first-order valence-electron chi connectivity index (χ1n) is 11.0. The number of fused-ring (bicyclic) bond motifs is 1. The molecule has 1 unspecified atom stereocenters. The van der Waals surface area contributed by atoms with E-state index >= 15 is 0 Å². The van der Waals surface area contributed by atoms with Gasteiger partial charge in [0.2, 0.25) is 0 Å². The maximum absolute atomic E-state index is 12.6. The lowest BCUT2D eigenvalue weighted by Gasteiger charge is -2.32. The number of hydrogen-bond acceptors (Lipinski definition) is 5. The van der Waals surface area contributed by atoms with E-state index in [1.54, 1.807) is 12.1 Å². The molecule has 7 nitrogen and oxygen atoms in total. The summed E-state index contributed by atoms with van der Waals surface area (Å²) in [7, 11) is 0. The van der Waals surface area contributed by atoms with Crippen LogP contribution < -0.4 is 15.5 Å². The van der Waals surface area contributed by atoms with Crippen molar-refractivity contribution in [2.24, 2.45) is 0 Å². The maximum atomic E-state index is 12.6. The van der Waals surface area contributed by atoms with Crippen molar-refractivity contribution >= 4 is 5.91 Å². The van der Waals surface area contributed by atoms with E-state index < -0.39 is 11.9 Å². The standard InChI is InChI=1S/C21H27F3N4O3.C2H6/c1-13-17(14-6-5-7-16(10-14)31-21(22,23)24)11-18-19(29)25-12-15(27(13)18)8-9-26-28(30)20(2,3)4;1-2/h5-7,10-11,15,26,30H,8-9,12H2,1-4H3,(H,25,29);1-2H3. The van der Waals surface area contributed by atoms with Gasteiger partial charge >= 0.3 is 6.36 Å². The largest absolute Gasteiger partial charge is 0.573 e. The molecule has 0 radical (unpaired) electrons. The summed E-state index contributed by atoms with van der Waals surface area (Å²) in [6.45, 7) is 12.3. The molecule has 1 aromatic heterocycles. The first kappa shape index (κ1) is 26.7. The number of halogens is 3. The van der Waals surface area contributed by atoms with E-state index in [-0.39, 0.29) is 17.7 Å². The van der Waals surface area contributed by atoms with Gasteiger partial charge in [-0.2, -0.15) is 0 Å². The molecule has 1 aromatic carbocycles. The van der Waals surface area contributed by atoms with Crippen molar-refractivity contribution in [1.29, 1.82) is 0 Å². The lowest BCUT2D eigenvalue weighted by atomic mass is 10.1. The summed E-state index contributed by atoms with van der Waals surface area (Å²) >= 11 is 0. The lowest BCUT2D eigenvalue weighted by Crippen LogP contribution is -2.49. The van der Waals surface area contributed by atoms with Crippen molar-refractivity contribution in [3.8, 4) is 16.9 Å². The molecular weight excluding hydrogens is 437 g/mol. The Balaban J connectivity index is 0.00000187. The average Bonchev–Trinajstić information content (AvgIpc) is 3.08. The third-order valence-electron chi connectivity index (χ3n) is 5.14. The summed E-state index contributed by atoms with van der Waals surface area (Å²) < 4.78 is 43.7. The quantitative estimate of drug-likeness (QED) is 0.515. The Morgan fingerprint density at radius 1 is 1.24 bits per heavy atom. The maximum Gasteiger partial charge on any atom is 0.573 e. The highest BCUT2D eigenvalue weighted by Gasteiger charge is 2.32. The zero-order chi connectivity index (χ0) is 25.0. The van der Waals surface area contributed by atoms with Crippen molar-refractivity contribution in [3.05, 3.63) is 41.7 Å². The number of ether oxygens (including phenoxy) is 1. The molecule has 184 valence electrons. The van der Waals surface area contributed by atoms with Crippen LogP contribution in [0.3, 0.4) is 0 Å². The normalized spacial score (nSPS) is 16.1. The SMILES string of the molecule is CC.Cc1c(-c2cccc(OC(F)(F)F)c2)cc2n1C(CCNN(O)C(C)(C)C)CNC2=O. The fraction of sp³-hybridized carbons (Fsp3) is 0.522. The number of benzene rings is 1. The zero-order valence-electron chi connectivity index (χ0n) is 19.9. The lowest BCUT2D eigenvalue weighted by molar-refractivity contribution is -0.274. The van der Waals surface area contributed by atoms with Crippen LogP contribution in [-0.2, 0) is 0 Å². The summed E-state index contributed by atoms with van der Waals surface area (Å²) in [4.78, 5) is 12.4. The number of hydrogen-bond donors (Lipinski definition) is 3. The van der Waals surface area contributed by atoms with Crippen LogP contribution >= 0.6 is 0 Å². The molecule has 2 aromatic rings. The second-order valence-corrected chi connectivity index (χ2v) is 8.52. The first-order chi connectivity index (χ1) is 15.4. The number of carbonyl (C=O) groups is 1. The Hall–Kier alpha value is -2.56. The number of amides is 1. The second-order valence-electron chi connectivity index (χ2n) is 8.52. The Morgan fingerprint density at radius 3 is 2.52 bits per heavy atom. The van der Waals surface area contributed by atoms with E-state index in [4.69, 9.17) is 0 Å². The van der Waals surface area contributed by atoms with Gasteiger partial charge in [0.05, 0.1) is 11.6 Å². The van der Waals surface area contributed by atoms with Crippen molar-refractivity contribution in [2.45, 2.75) is 65.9 Å². The predicted molar refractivity (Wildman–Crippen MR) is 120 cm³/mol. The molecule has 33 heavy (non-hydrogen) atoms. The fourth-order valence-electron chi connectivity index (χ4n) is 3.62.